The van der Waals surface area contributed by atoms with E-state index in [4.69, 9.17) is 0 Å². The molecular weight excluding hydrogens is 262 g/mol. The summed E-state index contributed by atoms with van der Waals surface area (Å²) >= 11 is 0. The number of nitrogens with zero attached hydrogens (tertiary/aromatic N) is 1. The molecule has 1 aliphatic rings. The highest BCUT2D eigenvalue weighted by Gasteiger charge is 2.43. The van der Waals surface area contributed by atoms with Crippen molar-refractivity contribution >= 4 is 16.8 Å². The molecular formula is C17H23N3O. The summed E-state index contributed by atoms with van der Waals surface area (Å²) in [4.78, 5) is 17.7. The van der Waals surface area contributed by atoms with Crippen LogP contribution >= 0.6 is 0 Å². The molecule has 4 nitrogen and oxygen atoms in total. The number of aromatic nitrogens is 1. The first kappa shape index (κ1) is 14.1. The molecule has 0 radical (unpaired) electrons. The van der Waals surface area contributed by atoms with Gasteiger partial charge in [0.2, 0.25) is 5.91 Å². The summed E-state index contributed by atoms with van der Waals surface area (Å²) < 4.78 is 0. The average molecular weight is 285 g/mol. The average Bonchev–Trinajstić information content (AvgIpc) is 2.99. The Labute approximate surface area is 125 Å². The van der Waals surface area contributed by atoms with Crippen LogP contribution in [0.4, 0.5) is 0 Å². The third-order valence-electron chi connectivity index (χ3n) is 4.73. The van der Waals surface area contributed by atoms with Crippen LogP contribution in [0.3, 0.4) is 0 Å². The second kappa shape index (κ2) is 5.19. The van der Waals surface area contributed by atoms with E-state index >= 15 is 0 Å². The number of para-hydroxylation sites is 1. The Morgan fingerprint density at radius 3 is 2.86 bits per heavy atom. The third kappa shape index (κ3) is 2.33. The summed E-state index contributed by atoms with van der Waals surface area (Å²) in [6.45, 7) is 6.94. The molecule has 112 valence electrons. The van der Waals surface area contributed by atoms with E-state index in [1.54, 1.807) is 0 Å². The molecule has 0 unspecified atom stereocenters. The molecule has 1 aliphatic heterocycles. The fraction of sp³-hybridized carbons (Fsp3) is 0.471. The number of hydrogen-bond acceptors (Lipinski definition) is 2. The Hall–Kier alpha value is -1.81. The highest BCUT2D eigenvalue weighted by Crippen LogP contribution is 2.26. The molecule has 0 spiro atoms. The normalized spacial score (nSPS) is 26.0. The first-order valence-electron chi connectivity index (χ1n) is 7.69. The van der Waals surface area contributed by atoms with Gasteiger partial charge in [0, 0.05) is 23.6 Å². The number of H-pyrrole nitrogens is 1. The van der Waals surface area contributed by atoms with Crippen LogP contribution in [0.25, 0.3) is 10.9 Å². The van der Waals surface area contributed by atoms with Crippen molar-refractivity contribution in [3.8, 4) is 0 Å². The number of nitrogens with one attached hydrogen (secondary N) is 2. The molecule has 1 fully saturated rings. The molecule has 2 aromatic rings. The van der Waals surface area contributed by atoms with E-state index in [1.165, 1.54) is 10.9 Å². The summed E-state index contributed by atoms with van der Waals surface area (Å²) in [5.74, 6) is 0.208. The van der Waals surface area contributed by atoms with Crippen LogP contribution in [0, 0.1) is 0 Å². The molecule has 2 heterocycles. The number of carbonyl (C=O) groups is 1. The van der Waals surface area contributed by atoms with Gasteiger partial charge in [0.05, 0.1) is 11.7 Å². The van der Waals surface area contributed by atoms with Crippen molar-refractivity contribution in [1.82, 2.24) is 15.2 Å². The zero-order valence-corrected chi connectivity index (χ0v) is 12.9. The highest BCUT2D eigenvalue weighted by atomic mass is 16.2. The molecule has 1 aromatic carbocycles. The van der Waals surface area contributed by atoms with E-state index in [-0.39, 0.29) is 17.6 Å². The van der Waals surface area contributed by atoms with E-state index in [0.29, 0.717) is 0 Å². The second-order valence-corrected chi connectivity index (χ2v) is 6.09. The smallest absolute Gasteiger partial charge is 0.240 e. The number of carbonyl (C=O) groups excluding carboxylic acids is 1. The zero-order chi connectivity index (χ0) is 15.0. The van der Waals surface area contributed by atoms with Crippen molar-refractivity contribution in [2.24, 2.45) is 0 Å². The number of rotatable bonds is 4. The quantitative estimate of drug-likeness (QED) is 0.907. The molecule has 1 aromatic heterocycles. The standard InChI is InChI=1S/C17H23N3O/c1-4-17(3)19-12(2)16(21)20(17)10-9-13-11-18-15-8-6-5-7-14(13)15/h5-8,11-12,18-19H,4,9-10H2,1-3H3/t12-,17+/m0/s1. The summed E-state index contributed by atoms with van der Waals surface area (Å²) in [7, 11) is 0. The summed E-state index contributed by atoms with van der Waals surface area (Å²) in [6, 6.07) is 8.22. The van der Waals surface area contributed by atoms with Crippen molar-refractivity contribution in [2.45, 2.75) is 45.3 Å². The Morgan fingerprint density at radius 2 is 2.10 bits per heavy atom. The van der Waals surface area contributed by atoms with E-state index in [2.05, 4.69) is 48.5 Å². The minimum absolute atomic E-state index is 0.0853. The van der Waals surface area contributed by atoms with Gasteiger partial charge in [-0.2, -0.15) is 0 Å². The molecule has 0 aliphatic carbocycles. The number of benzene rings is 1. The minimum atomic E-state index is -0.220. The molecule has 1 saturated heterocycles. The molecule has 2 N–H and O–H groups in total. The van der Waals surface area contributed by atoms with Gasteiger partial charge in [-0.25, -0.2) is 0 Å². The third-order valence-corrected chi connectivity index (χ3v) is 4.73. The maximum absolute atomic E-state index is 12.4. The molecule has 21 heavy (non-hydrogen) atoms. The van der Waals surface area contributed by atoms with Crippen molar-refractivity contribution < 1.29 is 4.79 Å². The number of hydrogen-bond donors (Lipinski definition) is 2. The zero-order valence-electron chi connectivity index (χ0n) is 12.9. The van der Waals surface area contributed by atoms with Crippen molar-refractivity contribution in [1.29, 1.82) is 0 Å². The van der Waals surface area contributed by atoms with Gasteiger partial charge >= 0.3 is 0 Å². The predicted molar refractivity (Wildman–Crippen MR) is 85.0 cm³/mol. The van der Waals surface area contributed by atoms with Crippen LogP contribution in [0.5, 0.6) is 0 Å². The van der Waals surface area contributed by atoms with E-state index in [0.717, 1.165) is 24.9 Å². The molecule has 1 amide bonds. The van der Waals surface area contributed by atoms with Gasteiger partial charge in [0.1, 0.15) is 0 Å². The highest BCUT2D eigenvalue weighted by molar-refractivity contribution is 5.85. The van der Waals surface area contributed by atoms with Crippen LogP contribution in [0.1, 0.15) is 32.8 Å². The maximum Gasteiger partial charge on any atom is 0.240 e. The van der Waals surface area contributed by atoms with Crippen LogP contribution in [-0.2, 0) is 11.2 Å². The topological polar surface area (TPSA) is 48.1 Å². The number of aromatic amines is 1. The van der Waals surface area contributed by atoms with Gasteiger partial charge in [-0.3, -0.25) is 10.1 Å². The summed E-state index contributed by atoms with van der Waals surface area (Å²) in [5.41, 5.74) is 2.21. The van der Waals surface area contributed by atoms with Gasteiger partial charge in [-0.1, -0.05) is 25.1 Å². The minimum Gasteiger partial charge on any atom is -0.361 e. The SMILES string of the molecule is CC[C@]1(C)N[C@@H](C)C(=O)N1CCc1c[nH]c2ccccc12. The van der Waals surface area contributed by atoms with Crippen LogP contribution < -0.4 is 5.32 Å². The van der Waals surface area contributed by atoms with E-state index < -0.39 is 0 Å². The van der Waals surface area contributed by atoms with Gasteiger partial charge in [-0.05, 0) is 38.3 Å². The lowest BCUT2D eigenvalue weighted by molar-refractivity contribution is -0.131. The van der Waals surface area contributed by atoms with Crippen LogP contribution in [-0.4, -0.2) is 34.0 Å². The first-order valence-corrected chi connectivity index (χ1v) is 7.69. The Morgan fingerprint density at radius 1 is 1.33 bits per heavy atom. The van der Waals surface area contributed by atoms with Crippen LogP contribution in [0.15, 0.2) is 30.5 Å². The molecule has 0 bridgehead atoms. The Bertz CT molecular complexity index is 663. The van der Waals surface area contributed by atoms with Gasteiger partial charge < -0.3 is 9.88 Å². The van der Waals surface area contributed by atoms with E-state index in [1.807, 2.05) is 17.9 Å². The lowest BCUT2D eigenvalue weighted by Crippen LogP contribution is -2.50. The fourth-order valence-electron chi connectivity index (χ4n) is 3.30. The van der Waals surface area contributed by atoms with Crippen LogP contribution in [0.2, 0.25) is 0 Å². The van der Waals surface area contributed by atoms with Crippen molar-refractivity contribution in [3.05, 3.63) is 36.0 Å². The fourth-order valence-corrected chi connectivity index (χ4v) is 3.30. The number of amides is 1. The molecule has 0 saturated carbocycles. The van der Waals surface area contributed by atoms with Gasteiger partial charge in [-0.15, -0.1) is 0 Å². The van der Waals surface area contributed by atoms with E-state index in [9.17, 15) is 4.79 Å². The monoisotopic (exact) mass is 285 g/mol. The first-order chi connectivity index (χ1) is 10.0. The molecule has 3 rings (SSSR count). The second-order valence-electron chi connectivity index (χ2n) is 6.09. The van der Waals surface area contributed by atoms with Gasteiger partial charge in [0.15, 0.2) is 0 Å². The lowest BCUT2D eigenvalue weighted by Gasteiger charge is -2.34. The van der Waals surface area contributed by atoms with Crippen molar-refractivity contribution in [3.63, 3.8) is 0 Å². The maximum atomic E-state index is 12.4. The number of fused-ring (bicyclic) bond motifs is 1. The Kier molecular flexibility index (Phi) is 3.49. The Balaban J connectivity index is 1.79. The molecule has 2 atom stereocenters. The lowest BCUT2D eigenvalue weighted by atomic mass is 10.1. The summed E-state index contributed by atoms with van der Waals surface area (Å²) in [6.07, 6.45) is 3.85. The molecule has 4 heteroatoms. The largest absolute Gasteiger partial charge is 0.361 e. The van der Waals surface area contributed by atoms with Gasteiger partial charge in [0.25, 0.3) is 0 Å². The predicted octanol–water partition coefficient (Wildman–Crippen LogP) is 2.66. The van der Waals surface area contributed by atoms with Crippen molar-refractivity contribution in [2.75, 3.05) is 6.54 Å². The summed E-state index contributed by atoms with van der Waals surface area (Å²) in [5, 5.41) is 4.67.